The van der Waals surface area contributed by atoms with Crippen molar-refractivity contribution < 1.29 is 14.7 Å². The van der Waals surface area contributed by atoms with Crippen LogP contribution < -0.4 is 0 Å². The third-order valence-corrected chi connectivity index (χ3v) is 2.44. The second-order valence-electron chi connectivity index (χ2n) is 5.17. The van der Waals surface area contributed by atoms with E-state index in [-0.39, 0.29) is 24.2 Å². The highest BCUT2D eigenvalue weighted by atomic mass is 16.4. The normalized spacial score (nSPS) is 11.1. The molecule has 1 aromatic rings. The molecule has 0 unspecified atom stereocenters. The molecule has 0 spiro atoms. The molecule has 19 heavy (non-hydrogen) atoms. The summed E-state index contributed by atoms with van der Waals surface area (Å²) in [6.07, 6.45) is 0. The Balaban J connectivity index is 2.87. The van der Waals surface area contributed by atoms with Gasteiger partial charge in [-0.1, -0.05) is 27.7 Å². The van der Waals surface area contributed by atoms with E-state index in [0.717, 1.165) is 0 Å². The Hall–Kier alpha value is -1.92. The van der Waals surface area contributed by atoms with Gasteiger partial charge < -0.3 is 10.0 Å². The molecular weight excluding hydrogens is 248 g/mol. The zero-order valence-corrected chi connectivity index (χ0v) is 11.7. The van der Waals surface area contributed by atoms with Crippen molar-refractivity contribution in [2.24, 2.45) is 5.92 Å². The molecule has 7 heteroatoms. The first-order valence-corrected chi connectivity index (χ1v) is 6.24. The predicted octanol–water partition coefficient (Wildman–Crippen LogP) is 1.11. The highest BCUT2D eigenvalue weighted by Crippen LogP contribution is 2.10. The van der Waals surface area contributed by atoms with E-state index in [2.05, 4.69) is 15.2 Å². The van der Waals surface area contributed by atoms with Gasteiger partial charge in [-0.05, 0) is 5.92 Å². The summed E-state index contributed by atoms with van der Waals surface area (Å²) in [5.41, 5.74) is 0. The third kappa shape index (κ3) is 4.35. The first-order chi connectivity index (χ1) is 8.81. The minimum absolute atomic E-state index is 0.0191. The highest BCUT2D eigenvalue weighted by molar-refractivity contribution is 5.92. The van der Waals surface area contributed by atoms with E-state index in [1.54, 1.807) is 0 Å². The first kappa shape index (κ1) is 15.1. The molecule has 0 bridgehead atoms. The minimum Gasteiger partial charge on any atom is -0.480 e. The maximum atomic E-state index is 12.2. The van der Waals surface area contributed by atoms with Crippen molar-refractivity contribution in [3.63, 3.8) is 0 Å². The first-order valence-electron chi connectivity index (χ1n) is 6.24. The number of carboxylic acid groups (broad SMARTS) is 1. The van der Waals surface area contributed by atoms with Crippen molar-refractivity contribution in [2.75, 3.05) is 13.1 Å². The van der Waals surface area contributed by atoms with Crippen LogP contribution in [0.1, 0.15) is 50.1 Å². The fourth-order valence-corrected chi connectivity index (χ4v) is 1.59. The molecular formula is C12H20N4O3. The average molecular weight is 268 g/mol. The summed E-state index contributed by atoms with van der Waals surface area (Å²) >= 11 is 0. The quantitative estimate of drug-likeness (QED) is 0.805. The van der Waals surface area contributed by atoms with Crippen LogP contribution in [0.3, 0.4) is 0 Å². The number of nitrogens with one attached hydrogen (secondary N) is 1. The molecule has 1 rings (SSSR count). The van der Waals surface area contributed by atoms with Crippen molar-refractivity contribution in [2.45, 2.75) is 33.6 Å². The molecule has 0 saturated carbocycles. The Morgan fingerprint density at radius 3 is 2.37 bits per heavy atom. The van der Waals surface area contributed by atoms with Gasteiger partial charge in [-0.2, -0.15) is 0 Å². The predicted molar refractivity (Wildman–Crippen MR) is 68.8 cm³/mol. The monoisotopic (exact) mass is 268 g/mol. The molecule has 0 fully saturated rings. The Bertz CT molecular complexity index is 454. The zero-order valence-electron chi connectivity index (χ0n) is 11.7. The van der Waals surface area contributed by atoms with Crippen molar-refractivity contribution in [3.05, 3.63) is 11.6 Å². The number of amides is 1. The number of carbonyl (C=O) groups is 2. The number of carboxylic acids is 1. The number of hydrogen-bond acceptors (Lipinski definition) is 4. The number of aromatic nitrogens is 3. The maximum absolute atomic E-state index is 12.2. The number of H-pyrrole nitrogens is 1. The van der Waals surface area contributed by atoms with Gasteiger partial charge >= 0.3 is 5.97 Å². The molecule has 2 N–H and O–H groups in total. The summed E-state index contributed by atoms with van der Waals surface area (Å²) in [5.74, 6) is -0.569. The summed E-state index contributed by atoms with van der Waals surface area (Å²) in [7, 11) is 0. The lowest BCUT2D eigenvalue weighted by molar-refractivity contribution is -0.137. The molecule has 0 aliphatic carbocycles. The molecule has 0 saturated heterocycles. The van der Waals surface area contributed by atoms with Crippen molar-refractivity contribution in [1.29, 1.82) is 0 Å². The van der Waals surface area contributed by atoms with Gasteiger partial charge in [0.05, 0.1) is 0 Å². The van der Waals surface area contributed by atoms with E-state index in [1.165, 1.54) is 4.90 Å². The van der Waals surface area contributed by atoms with Gasteiger partial charge in [0.15, 0.2) is 0 Å². The number of rotatable bonds is 6. The Morgan fingerprint density at radius 1 is 1.32 bits per heavy atom. The zero-order chi connectivity index (χ0) is 14.6. The van der Waals surface area contributed by atoms with Crippen molar-refractivity contribution >= 4 is 11.9 Å². The van der Waals surface area contributed by atoms with Crippen LogP contribution in [0.4, 0.5) is 0 Å². The number of aliphatic carboxylic acids is 1. The molecule has 1 aromatic heterocycles. The van der Waals surface area contributed by atoms with Crippen LogP contribution in [0.15, 0.2) is 0 Å². The van der Waals surface area contributed by atoms with Crippen LogP contribution >= 0.6 is 0 Å². The van der Waals surface area contributed by atoms with Gasteiger partial charge in [-0.25, -0.2) is 4.98 Å². The van der Waals surface area contributed by atoms with E-state index in [0.29, 0.717) is 12.4 Å². The smallest absolute Gasteiger partial charge is 0.323 e. The Labute approximate surface area is 112 Å². The summed E-state index contributed by atoms with van der Waals surface area (Å²) in [4.78, 5) is 28.3. The largest absolute Gasteiger partial charge is 0.480 e. The van der Waals surface area contributed by atoms with Gasteiger partial charge in [-0.15, -0.1) is 5.10 Å². The lowest BCUT2D eigenvalue weighted by Crippen LogP contribution is -2.38. The minimum atomic E-state index is -1.05. The molecule has 0 aromatic carbocycles. The SMILES string of the molecule is CC(C)CN(CC(=O)O)C(=O)c1n[nH]c(C(C)C)n1. The van der Waals surface area contributed by atoms with Gasteiger partial charge in [0.25, 0.3) is 5.91 Å². The fraction of sp³-hybridized carbons (Fsp3) is 0.667. The summed E-state index contributed by atoms with van der Waals surface area (Å²) in [6, 6.07) is 0. The summed E-state index contributed by atoms with van der Waals surface area (Å²) in [6.45, 7) is 7.70. The van der Waals surface area contributed by atoms with Crippen LogP contribution in [-0.4, -0.2) is 50.2 Å². The lowest BCUT2D eigenvalue weighted by Gasteiger charge is -2.21. The topological polar surface area (TPSA) is 99.2 Å². The van der Waals surface area contributed by atoms with Crippen LogP contribution in [0.5, 0.6) is 0 Å². The molecule has 1 heterocycles. The molecule has 1 amide bonds. The Morgan fingerprint density at radius 2 is 1.95 bits per heavy atom. The third-order valence-electron chi connectivity index (χ3n) is 2.44. The number of hydrogen-bond donors (Lipinski definition) is 2. The van der Waals surface area contributed by atoms with Crippen LogP contribution in [0.25, 0.3) is 0 Å². The van der Waals surface area contributed by atoms with Gasteiger partial charge in [-0.3, -0.25) is 14.7 Å². The van der Waals surface area contributed by atoms with E-state index in [9.17, 15) is 9.59 Å². The van der Waals surface area contributed by atoms with Crippen molar-refractivity contribution in [3.8, 4) is 0 Å². The van der Waals surface area contributed by atoms with Crippen LogP contribution in [-0.2, 0) is 4.79 Å². The van der Waals surface area contributed by atoms with E-state index in [4.69, 9.17) is 5.11 Å². The van der Waals surface area contributed by atoms with Crippen LogP contribution in [0, 0.1) is 5.92 Å². The molecule has 0 aliphatic heterocycles. The van der Waals surface area contributed by atoms with Crippen molar-refractivity contribution in [1.82, 2.24) is 20.1 Å². The lowest BCUT2D eigenvalue weighted by atomic mass is 10.2. The molecule has 0 radical (unpaired) electrons. The van der Waals surface area contributed by atoms with Gasteiger partial charge in [0.1, 0.15) is 12.4 Å². The Kier molecular flexibility index (Phi) is 5.02. The number of nitrogens with zero attached hydrogens (tertiary/aromatic N) is 3. The maximum Gasteiger partial charge on any atom is 0.323 e. The van der Waals surface area contributed by atoms with Crippen LogP contribution in [0.2, 0.25) is 0 Å². The molecule has 106 valence electrons. The number of carbonyl (C=O) groups excluding carboxylic acids is 1. The molecule has 7 nitrogen and oxygen atoms in total. The highest BCUT2D eigenvalue weighted by Gasteiger charge is 2.23. The van der Waals surface area contributed by atoms with E-state index in [1.807, 2.05) is 27.7 Å². The van der Waals surface area contributed by atoms with Gasteiger partial charge in [0.2, 0.25) is 5.82 Å². The molecule has 0 aliphatic rings. The second-order valence-corrected chi connectivity index (χ2v) is 5.17. The fourth-order valence-electron chi connectivity index (χ4n) is 1.59. The van der Waals surface area contributed by atoms with E-state index >= 15 is 0 Å². The average Bonchev–Trinajstić information content (AvgIpc) is 2.75. The summed E-state index contributed by atoms with van der Waals surface area (Å²) < 4.78 is 0. The second kappa shape index (κ2) is 6.31. The summed E-state index contributed by atoms with van der Waals surface area (Å²) in [5, 5.41) is 15.4. The number of aromatic amines is 1. The molecule has 0 atom stereocenters. The van der Waals surface area contributed by atoms with E-state index < -0.39 is 11.9 Å². The van der Waals surface area contributed by atoms with Gasteiger partial charge in [0, 0.05) is 12.5 Å². The standard InChI is InChI=1S/C12H20N4O3/c1-7(2)5-16(6-9(17)18)12(19)11-13-10(8(3)4)14-15-11/h7-8H,5-6H2,1-4H3,(H,17,18)(H,13,14,15).